The van der Waals surface area contributed by atoms with Gasteiger partial charge in [0.05, 0.1) is 12.1 Å². The second kappa shape index (κ2) is 20.0. The van der Waals surface area contributed by atoms with E-state index in [4.69, 9.17) is 4.74 Å². The monoisotopic (exact) mass is 747 g/mol. The number of likely N-dealkylation sites (N-methyl/N-ethyl adjacent to an activating group) is 2. The van der Waals surface area contributed by atoms with Crippen LogP contribution in [-0.4, -0.2) is 129 Å². The van der Waals surface area contributed by atoms with Gasteiger partial charge in [0.25, 0.3) is 11.8 Å². The summed E-state index contributed by atoms with van der Waals surface area (Å²) in [5, 5.41) is 13.4. The highest BCUT2D eigenvalue weighted by molar-refractivity contribution is 6.06. The first-order chi connectivity index (χ1) is 24.6. The van der Waals surface area contributed by atoms with Crippen LogP contribution in [0.5, 0.6) is 0 Å². The minimum absolute atomic E-state index is 0.00605. The maximum Gasteiger partial charge on any atom is 0.302 e. The van der Waals surface area contributed by atoms with Gasteiger partial charge in [-0.2, -0.15) is 0 Å². The lowest BCUT2D eigenvalue weighted by molar-refractivity contribution is -0.157. The number of hydrogen-bond donors (Lipinski definition) is 2. The first-order valence-electron chi connectivity index (χ1n) is 19.2. The summed E-state index contributed by atoms with van der Waals surface area (Å²) in [4.78, 5) is 99.5. The number of β-amino-alcohol motifs (C(OH)–C–C–N with tert-alkyl or cyclic N) is 1. The van der Waals surface area contributed by atoms with Gasteiger partial charge in [0, 0.05) is 46.0 Å². The smallest absolute Gasteiger partial charge is 0.302 e. The molecular weight excluding hydrogens is 682 g/mol. The van der Waals surface area contributed by atoms with Gasteiger partial charge in [0.15, 0.2) is 0 Å². The number of likely N-dealkylation sites (tertiary alicyclic amines) is 1. The van der Waals surface area contributed by atoms with E-state index < -0.39 is 83.8 Å². The average Bonchev–Trinajstić information content (AvgIpc) is 3.63. The molecule has 2 heterocycles. The minimum Gasteiger partial charge on any atom is -0.460 e. The molecule has 14 nitrogen and oxygen atoms in total. The second-order valence-corrected chi connectivity index (χ2v) is 16.0. The Morgan fingerprint density at radius 2 is 1.60 bits per heavy atom. The van der Waals surface area contributed by atoms with E-state index in [0.717, 1.165) is 24.2 Å². The number of carbonyl (C=O) groups excluding carboxylic acids is 7. The lowest BCUT2D eigenvalue weighted by Crippen LogP contribution is -2.62. The van der Waals surface area contributed by atoms with Crippen LogP contribution in [0.2, 0.25) is 0 Å². The summed E-state index contributed by atoms with van der Waals surface area (Å²) in [5.74, 6) is -4.47. The van der Waals surface area contributed by atoms with Gasteiger partial charge in [0.1, 0.15) is 30.3 Å². The number of hydrogen-bond acceptors (Lipinski definition) is 9. The highest BCUT2D eigenvalue weighted by Gasteiger charge is 2.48. The van der Waals surface area contributed by atoms with Crippen LogP contribution < -0.4 is 5.32 Å². The molecule has 53 heavy (non-hydrogen) atoms. The van der Waals surface area contributed by atoms with Crippen LogP contribution in [0.1, 0.15) is 108 Å². The molecule has 0 saturated carbocycles. The molecule has 2 aliphatic rings. The van der Waals surface area contributed by atoms with E-state index in [2.05, 4.69) is 19.2 Å². The molecule has 2 rings (SSSR count). The third-order valence-corrected chi connectivity index (χ3v) is 10.3. The Morgan fingerprint density at radius 1 is 0.981 bits per heavy atom. The average molecular weight is 748 g/mol. The van der Waals surface area contributed by atoms with Crippen molar-refractivity contribution in [3.05, 3.63) is 12.2 Å². The number of aliphatic hydroxyl groups is 1. The number of rotatable bonds is 18. The number of esters is 1. The Morgan fingerprint density at radius 3 is 2.11 bits per heavy atom. The van der Waals surface area contributed by atoms with Crippen LogP contribution in [-0.2, 0) is 38.3 Å². The third kappa shape index (κ3) is 11.8. The zero-order valence-electron chi connectivity index (χ0n) is 34.0. The van der Waals surface area contributed by atoms with E-state index in [0.29, 0.717) is 18.8 Å². The summed E-state index contributed by atoms with van der Waals surface area (Å²) in [7, 11) is 2.98. The fraction of sp³-hybridized carbons (Fsp3) is 0.769. The summed E-state index contributed by atoms with van der Waals surface area (Å²) in [6.07, 6.45) is 4.71. The van der Waals surface area contributed by atoms with E-state index in [9.17, 15) is 38.7 Å². The van der Waals surface area contributed by atoms with Gasteiger partial charge in [-0.15, -0.1) is 0 Å². The van der Waals surface area contributed by atoms with Gasteiger partial charge in [-0.3, -0.25) is 38.5 Å². The Kier molecular flexibility index (Phi) is 17.1. The Balaban J connectivity index is 2.41. The van der Waals surface area contributed by atoms with Crippen molar-refractivity contribution in [2.75, 3.05) is 20.6 Å². The van der Waals surface area contributed by atoms with Crippen molar-refractivity contribution in [3.63, 3.8) is 0 Å². The molecule has 300 valence electrons. The van der Waals surface area contributed by atoms with Crippen molar-refractivity contribution >= 4 is 41.4 Å². The highest BCUT2D eigenvalue weighted by atomic mass is 16.5. The van der Waals surface area contributed by atoms with Crippen molar-refractivity contribution in [1.82, 2.24) is 24.9 Å². The molecule has 0 aromatic rings. The molecule has 0 aromatic heterocycles. The molecule has 1 saturated heterocycles. The Bertz CT molecular complexity index is 1370. The predicted molar refractivity (Wildman–Crippen MR) is 200 cm³/mol. The van der Waals surface area contributed by atoms with Gasteiger partial charge in [-0.1, -0.05) is 73.8 Å². The zero-order valence-corrected chi connectivity index (χ0v) is 34.0. The van der Waals surface area contributed by atoms with Gasteiger partial charge < -0.3 is 29.9 Å². The summed E-state index contributed by atoms with van der Waals surface area (Å²) in [5.41, 5.74) is 0. The van der Waals surface area contributed by atoms with Crippen molar-refractivity contribution in [2.24, 2.45) is 23.7 Å². The molecule has 9 atom stereocenters. The van der Waals surface area contributed by atoms with E-state index in [1.165, 1.54) is 41.7 Å². The minimum atomic E-state index is -1.44. The molecule has 1 fully saturated rings. The summed E-state index contributed by atoms with van der Waals surface area (Å²) in [6, 6.07) is -5.19. The molecule has 2 N–H and O–H groups in total. The SMILES string of the molecule is CCCC[C@H](C)C[C@H](C)C(=O)N(C)[C@@H](CC(C)C)C(=O)N[C@H](C(=O)N(C)[C@H](C(=O)N1C[C@@H](O)C[C@H]1C(=O)N1C(=O)C=C[C@@H]1C)C(C)C)[C@@H](C)OC(C)=O. The molecule has 0 unspecified atom stereocenters. The molecule has 0 aromatic carbocycles. The summed E-state index contributed by atoms with van der Waals surface area (Å²) < 4.78 is 5.41. The molecule has 0 spiro atoms. The number of imide groups is 1. The summed E-state index contributed by atoms with van der Waals surface area (Å²) >= 11 is 0. The number of nitrogens with zero attached hydrogens (tertiary/aromatic N) is 4. The number of amides is 6. The van der Waals surface area contributed by atoms with E-state index in [1.807, 2.05) is 20.8 Å². The van der Waals surface area contributed by atoms with E-state index >= 15 is 0 Å². The van der Waals surface area contributed by atoms with Crippen LogP contribution in [0.15, 0.2) is 12.2 Å². The zero-order chi connectivity index (χ0) is 40.5. The second-order valence-electron chi connectivity index (χ2n) is 16.0. The van der Waals surface area contributed by atoms with Crippen molar-refractivity contribution < 1.29 is 43.4 Å². The maximum absolute atomic E-state index is 14.4. The number of ether oxygens (including phenoxy) is 1. The topological polar surface area (TPSA) is 174 Å². The van der Waals surface area contributed by atoms with Crippen LogP contribution in [0.3, 0.4) is 0 Å². The molecular formula is C39H65N5O9. The maximum atomic E-state index is 14.4. The van der Waals surface area contributed by atoms with Crippen LogP contribution >= 0.6 is 0 Å². The largest absolute Gasteiger partial charge is 0.460 e. The van der Waals surface area contributed by atoms with Crippen molar-refractivity contribution in [3.8, 4) is 0 Å². The standard InChI is InChI=1S/C39H65N5O9/c1-13-14-15-24(6)19-25(7)36(49)41(11)30(18-22(2)3)35(48)40-33(27(9)53-28(10)45)38(51)42(12)34(23(4)5)39(52)43-21-29(46)20-31(43)37(50)44-26(8)16-17-32(44)47/h16-17,22-27,29-31,33-34,46H,13-15,18-21H2,1-12H3,(H,40,48)/t24-,25-,26-,27+,29-,30-,31-,33-,34-/m0/s1. The van der Waals surface area contributed by atoms with Crippen molar-refractivity contribution in [2.45, 2.75) is 150 Å². The highest BCUT2D eigenvalue weighted by Crippen LogP contribution is 2.27. The third-order valence-electron chi connectivity index (χ3n) is 10.3. The van der Waals surface area contributed by atoms with Gasteiger partial charge in [0.2, 0.25) is 23.6 Å². The van der Waals surface area contributed by atoms with Gasteiger partial charge in [-0.25, -0.2) is 0 Å². The van der Waals surface area contributed by atoms with Gasteiger partial charge >= 0.3 is 5.97 Å². The number of carbonyl (C=O) groups is 7. The number of nitrogens with one attached hydrogen (secondary N) is 1. The quantitative estimate of drug-likeness (QED) is 0.158. The van der Waals surface area contributed by atoms with Crippen LogP contribution in [0.25, 0.3) is 0 Å². The Hall–Kier alpha value is -3.81. The number of unbranched alkanes of at least 4 members (excludes halogenated alkanes) is 1. The first kappa shape index (κ1) is 45.3. The van der Waals surface area contributed by atoms with Crippen LogP contribution in [0.4, 0.5) is 0 Å². The van der Waals surface area contributed by atoms with Gasteiger partial charge in [-0.05, 0) is 44.4 Å². The molecule has 2 aliphatic heterocycles. The molecule has 14 heteroatoms. The summed E-state index contributed by atoms with van der Waals surface area (Å²) in [6.45, 7) is 17.5. The van der Waals surface area contributed by atoms with Crippen LogP contribution in [0, 0.1) is 23.7 Å². The lowest BCUT2D eigenvalue weighted by Gasteiger charge is -2.38. The van der Waals surface area contributed by atoms with E-state index in [-0.39, 0.29) is 30.7 Å². The first-order valence-corrected chi connectivity index (χ1v) is 19.2. The van der Waals surface area contributed by atoms with Crippen molar-refractivity contribution in [1.29, 1.82) is 0 Å². The normalized spacial score (nSPS) is 21.9. The predicted octanol–water partition coefficient (Wildman–Crippen LogP) is 2.91. The lowest BCUT2D eigenvalue weighted by atomic mass is 9.91. The fourth-order valence-electron chi connectivity index (χ4n) is 7.50. The fourth-order valence-corrected chi connectivity index (χ4v) is 7.50. The molecule has 0 aliphatic carbocycles. The van der Waals surface area contributed by atoms with E-state index in [1.54, 1.807) is 33.9 Å². The number of aliphatic hydroxyl groups excluding tert-OH is 1. The molecule has 0 radical (unpaired) electrons. The Labute approximate surface area is 316 Å². The molecule has 0 bridgehead atoms. The molecule has 6 amide bonds.